The van der Waals surface area contributed by atoms with Crippen LogP contribution in [-0.4, -0.2) is 17.5 Å². The van der Waals surface area contributed by atoms with Crippen molar-refractivity contribution in [3.05, 3.63) is 0 Å². The molecule has 0 aliphatic carbocycles. The van der Waals surface area contributed by atoms with Crippen molar-refractivity contribution in [2.24, 2.45) is 5.73 Å². The van der Waals surface area contributed by atoms with Gasteiger partial charge in [-0.1, -0.05) is 0 Å². The predicted octanol–water partition coefficient (Wildman–Crippen LogP) is 0.980. The number of hydrogen-bond acceptors (Lipinski definition) is 3. The van der Waals surface area contributed by atoms with E-state index in [4.69, 9.17) is 11.0 Å². The maximum Gasteiger partial charge on any atom is 0.0630 e. The van der Waals surface area contributed by atoms with E-state index in [-0.39, 0.29) is 6.04 Å². The standard InChI is InChI=1S/C6H12N2S/c1-6(8)5-9-4-2-3-7/h6H,2,4-5,8H2,1H3/t6-/m1/s1. The first kappa shape index (κ1) is 8.80. The largest absolute Gasteiger partial charge is 0.327 e. The molecule has 9 heavy (non-hydrogen) atoms. The van der Waals surface area contributed by atoms with Crippen molar-refractivity contribution in [1.82, 2.24) is 0 Å². The molecule has 0 aromatic carbocycles. The van der Waals surface area contributed by atoms with Crippen LogP contribution in [0, 0.1) is 11.3 Å². The molecule has 0 aromatic rings. The van der Waals surface area contributed by atoms with Crippen LogP contribution in [-0.2, 0) is 0 Å². The molecule has 0 aliphatic rings. The summed E-state index contributed by atoms with van der Waals surface area (Å²) in [5, 5.41) is 8.14. The molecule has 1 atom stereocenters. The van der Waals surface area contributed by atoms with Crippen LogP contribution in [0.4, 0.5) is 0 Å². The first-order chi connectivity index (χ1) is 4.27. The molecule has 0 unspecified atom stereocenters. The van der Waals surface area contributed by atoms with E-state index in [2.05, 4.69) is 6.07 Å². The van der Waals surface area contributed by atoms with Gasteiger partial charge in [0.2, 0.25) is 0 Å². The Kier molecular flexibility index (Phi) is 5.80. The predicted molar refractivity (Wildman–Crippen MR) is 41.2 cm³/mol. The van der Waals surface area contributed by atoms with Crippen molar-refractivity contribution in [2.45, 2.75) is 19.4 Å². The van der Waals surface area contributed by atoms with Crippen molar-refractivity contribution < 1.29 is 0 Å². The fraction of sp³-hybridized carbons (Fsp3) is 0.833. The van der Waals surface area contributed by atoms with Gasteiger partial charge in [-0.15, -0.1) is 0 Å². The lowest BCUT2D eigenvalue weighted by Crippen LogP contribution is -2.17. The van der Waals surface area contributed by atoms with Gasteiger partial charge in [0.1, 0.15) is 0 Å². The number of nitriles is 1. The zero-order valence-corrected chi connectivity index (χ0v) is 6.45. The van der Waals surface area contributed by atoms with E-state index in [1.165, 1.54) is 0 Å². The normalized spacial score (nSPS) is 12.6. The smallest absolute Gasteiger partial charge is 0.0630 e. The lowest BCUT2D eigenvalue weighted by Gasteiger charge is -2.00. The quantitative estimate of drug-likeness (QED) is 0.598. The lowest BCUT2D eigenvalue weighted by molar-refractivity contribution is 0.847. The second kappa shape index (κ2) is 5.93. The minimum Gasteiger partial charge on any atom is -0.327 e. The summed E-state index contributed by atoms with van der Waals surface area (Å²) in [6, 6.07) is 2.34. The summed E-state index contributed by atoms with van der Waals surface area (Å²) >= 11 is 1.74. The van der Waals surface area contributed by atoms with E-state index in [1.807, 2.05) is 6.92 Å². The van der Waals surface area contributed by atoms with Gasteiger partial charge in [-0.3, -0.25) is 0 Å². The van der Waals surface area contributed by atoms with Crippen LogP contribution in [0.2, 0.25) is 0 Å². The Labute approximate surface area is 60.4 Å². The van der Waals surface area contributed by atoms with Gasteiger partial charge in [-0.25, -0.2) is 0 Å². The number of nitrogens with two attached hydrogens (primary N) is 1. The van der Waals surface area contributed by atoms with Gasteiger partial charge < -0.3 is 5.73 Å². The molecule has 2 N–H and O–H groups in total. The molecule has 2 nitrogen and oxygen atoms in total. The third-order valence-electron chi connectivity index (χ3n) is 0.739. The van der Waals surface area contributed by atoms with E-state index >= 15 is 0 Å². The Balaban J connectivity index is 2.85. The van der Waals surface area contributed by atoms with Gasteiger partial charge in [0.05, 0.1) is 6.07 Å². The molecule has 0 fully saturated rings. The van der Waals surface area contributed by atoms with E-state index in [9.17, 15) is 0 Å². The first-order valence-electron chi connectivity index (χ1n) is 2.97. The minimum absolute atomic E-state index is 0.258. The zero-order valence-electron chi connectivity index (χ0n) is 5.63. The van der Waals surface area contributed by atoms with E-state index < -0.39 is 0 Å². The molecule has 0 radical (unpaired) electrons. The molecule has 0 amide bonds. The molecule has 0 aliphatic heterocycles. The number of rotatable bonds is 4. The Bertz CT molecular complexity index is 95.7. The summed E-state index contributed by atoms with van der Waals surface area (Å²) in [7, 11) is 0. The summed E-state index contributed by atoms with van der Waals surface area (Å²) < 4.78 is 0. The molecule has 0 spiro atoms. The summed E-state index contributed by atoms with van der Waals surface area (Å²) in [5.41, 5.74) is 5.47. The van der Waals surface area contributed by atoms with Crippen molar-refractivity contribution in [2.75, 3.05) is 11.5 Å². The molecule has 0 saturated carbocycles. The highest BCUT2D eigenvalue weighted by atomic mass is 32.2. The SMILES string of the molecule is C[C@@H](N)CSCCC#N. The topological polar surface area (TPSA) is 49.8 Å². The monoisotopic (exact) mass is 144 g/mol. The average Bonchev–Trinajstić information content (AvgIpc) is 1.80. The van der Waals surface area contributed by atoms with E-state index in [0.717, 1.165) is 11.5 Å². The molecule has 0 aromatic heterocycles. The summed E-state index contributed by atoms with van der Waals surface area (Å²) in [6.45, 7) is 1.97. The number of nitrogens with zero attached hydrogens (tertiary/aromatic N) is 1. The third-order valence-corrected chi connectivity index (χ3v) is 1.99. The summed E-state index contributed by atoms with van der Waals surface area (Å²) in [5.74, 6) is 1.87. The molecule has 0 heterocycles. The highest BCUT2D eigenvalue weighted by Crippen LogP contribution is 2.02. The van der Waals surface area contributed by atoms with E-state index in [1.54, 1.807) is 11.8 Å². The molecule has 0 saturated heterocycles. The molecule has 0 rings (SSSR count). The van der Waals surface area contributed by atoms with E-state index in [0.29, 0.717) is 6.42 Å². The second-order valence-corrected chi connectivity index (χ2v) is 3.11. The third kappa shape index (κ3) is 7.80. The first-order valence-corrected chi connectivity index (χ1v) is 4.13. The molecular formula is C6H12N2S. The van der Waals surface area contributed by atoms with Gasteiger partial charge in [0.25, 0.3) is 0 Å². The van der Waals surface area contributed by atoms with Gasteiger partial charge in [0.15, 0.2) is 0 Å². The second-order valence-electron chi connectivity index (χ2n) is 1.96. The lowest BCUT2D eigenvalue weighted by atomic mass is 10.4. The maximum atomic E-state index is 8.14. The van der Waals surface area contributed by atoms with Crippen LogP contribution in [0.5, 0.6) is 0 Å². The molecular weight excluding hydrogens is 132 g/mol. The highest BCUT2D eigenvalue weighted by molar-refractivity contribution is 7.99. The van der Waals surface area contributed by atoms with Crippen LogP contribution >= 0.6 is 11.8 Å². The fourth-order valence-corrected chi connectivity index (χ4v) is 1.16. The van der Waals surface area contributed by atoms with Gasteiger partial charge >= 0.3 is 0 Å². The molecule has 52 valence electrons. The van der Waals surface area contributed by atoms with Gasteiger partial charge in [-0.05, 0) is 6.92 Å². The Morgan fingerprint density at radius 3 is 2.89 bits per heavy atom. The average molecular weight is 144 g/mol. The van der Waals surface area contributed by atoms with Gasteiger partial charge in [-0.2, -0.15) is 17.0 Å². The molecule has 3 heteroatoms. The van der Waals surface area contributed by atoms with Crippen LogP contribution < -0.4 is 5.73 Å². The van der Waals surface area contributed by atoms with Gasteiger partial charge in [0, 0.05) is 24.0 Å². The summed E-state index contributed by atoms with van der Waals surface area (Å²) in [6.07, 6.45) is 0.636. The Morgan fingerprint density at radius 2 is 2.44 bits per heavy atom. The Morgan fingerprint density at radius 1 is 1.78 bits per heavy atom. The van der Waals surface area contributed by atoms with Crippen molar-refractivity contribution in [1.29, 1.82) is 5.26 Å². The number of hydrogen-bond donors (Lipinski definition) is 1. The fourth-order valence-electron chi connectivity index (χ4n) is 0.387. The van der Waals surface area contributed by atoms with Crippen molar-refractivity contribution >= 4 is 11.8 Å². The van der Waals surface area contributed by atoms with Crippen LogP contribution in [0.25, 0.3) is 0 Å². The Hall–Kier alpha value is -0.200. The van der Waals surface area contributed by atoms with Crippen LogP contribution in [0.3, 0.4) is 0 Å². The van der Waals surface area contributed by atoms with Crippen LogP contribution in [0.1, 0.15) is 13.3 Å². The van der Waals surface area contributed by atoms with Crippen LogP contribution in [0.15, 0.2) is 0 Å². The number of thioether (sulfide) groups is 1. The maximum absolute atomic E-state index is 8.14. The van der Waals surface area contributed by atoms with Crippen molar-refractivity contribution in [3.63, 3.8) is 0 Å². The van der Waals surface area contributed by atoms with Crippen molar-refractivity contribution in [3.8, 4) is 6.07 Å². The molecule has 0 bridgehead atoms. The zero-order chi connectivity index (χ0) is 7.11. The minimum atomic E-state index is 0.258. The highest BCUT2D eigenvalue weighted by Gasteiger charge is 1.92. The summed E-state index contributed by atoms with van der Waals surface area (Å²) in [4.78, 5) is 0.